The Labute approximate surface area is 132 Å². The summed E-state index contributed by atoms with van der Waals surface area (Å²) in [7, 11) is 0. The highest BCUT2D eigenvalue weighted by molar-refractivity contribution is 6.11. The molecule has 0 bridgehead atoms. The summed E-state index contributed by atoms with van der Waals surface area (Å²) in [5, 5.41) is 7.70. The van der Waals surface area contributed by atoms with Crippen molar-refractivity contribution in [3.8, 4) is 0 Å². The molecule has 0 aliphatic heterocycles. The van der Waals surface area contributed by atoms with Gasteiger partial charge < -0.3 is 16.0 Å². The highest BCUT2D eigenvalue weighted by Crippen LogP contribution is 2.36. The lowest BCUT2D eigenvalue weighted by Gasteiger charge is -2.27. The lowest BCUT2D eigenvalue weighted by molar-refractivity contribution is 0.320. The number of amidine groups is 1. The zero-order valence-electron chi connectivity index (χ0n) is 12.8. The summed E-state index contributed by atoms with van der Waals surface area (Å²) in [5.41, 5.74) is 14.8. The van der Waals surface area contributed by atoms with Crippen molar-refractivity contribution in [1.29, 1.82) is 0 Å². The summed E-state index contributed by atoms with van der Waals surface area (Å²) in [6.45, 7) is 1.91. The van der Waals surface area contributed by atoms with E-state index in [1.807, 2.05) is 19.2 Å². The first-order chi connectivity index (χ1) is 11.1. The van der Waals surface area contributed by atoms with Crippen LogP contribution in [0.3, 0.4) is 0 Å². The third-order valence-corrected chi connectivity index (χ3v) is 4.31. The van der Waals surface area contributed by atoms with Crippen LogP contribution in [0, 0.1) is 6.92 Å². The van der Waals surface area contributed by atoms with Crippen molar-refractivity contribution in [3.05, 3.63) is 29.8 Å². The molecular weight excluding hydrogens is 292 g/mol. The molecule has 1 fully saturated rings. The van der Waals surface area contributed by atoms with E-state index in [9.17, 15) is 0 Å². The molecule has 8 nitrogen and oxygen atoms in total. The van der Waals surface area contributed by atoms with Gasteiger partial charge in [0.2, 0.25) is 0 Å². The van der Waals surface area contributed by atoms with E-state index in [2.05, 4.69) is 29.7 Å². The van der Waals surface area contributed by atoms with Crippen LogP contribution in [-0.2, 0) is 0 Å². The molecule has 0 spiro atoms. The van der Waals surface area contributed by atoms with Crippen molar-refractivity contribution in [2.45, 2.75) is 32.2 Å². The quantitative estimate of drug-likeness (QED) is 0.502. The fraction of sp³-hybridized carbons (Fsp3) is 0.333. The van der Waals surface area contributed by atoms with E-state index in [-0.39, 0.29) is 0 Å². The van der Waals surface area contributed by atoms with Crippen LogP contribution in [0.15, 0.2) is 23.6 Å². The Morgan fingerprint density at radius 2 is 2.22 bits per heavy atom. The van der Waals surface area contributed by atoms with E-state index in [4.69, 9.17) is 11.5 Å². The van der Waals surface area contributed by atoms with Gasteiger partial charge in [0, 0.05) is 29.6 Å². The highest BCUT2D eigenvalue weighted by Gasteiger charge is 2.25. The minimum atomic E-state index is 0.362. The summed E-state index contributed by atoms with van der Waals surface area (Å²) in [5.74, 6) is 1.32. The van der Waals surface area contributed by atoms with Gasteiger partial charge in [0.1, 0.15) is 23.6 Å². The molecule has 0 saturated heterocycles. The van der Waals surface area contributed by atoms with Crippen molar-refractivity contribution in [2.75, 3.05) is 5.73 Å². The van der Waals surface area contributed by atoms with Gasteiger partial charge >= 0.3 is 0 Å². The highest BCUT2D eigenvalue weighted by atomic mass is 15.2. The summed E-state index contributed by atoms with van der Waals surface area (Å²) in [6.07, 6.45) is 6.99. The van der Waals surface area contributed by atoms with Gasteiger partial charge in [0.05, 0.1) is 5.39 Å². The third kappa shape index (κ3) is 2.23. The lowest BCUT2D eigenvalue weighted by atomic mass is 9.93. The SMILES string of the molecule is Cc1cc(N=C(N)c2cn(C3CCC3)c3ncnc(N)c23)n[nH]1. The predicted octanol–water partition coefficient (Wildman–Crippen LogP) is 1.81. The smallest absolute Gasteiger partial charge is 0.175 e. The molecule has 1 aliphatic rings. The second-order valence-corrected chi connectivity index (χ2v) is 5.90. The number of nitrogen functional groups attached to an aromatic ring is 1. The Balaban J connectivity index is 1.87. The van der Waals surface area contributed by atoms with Crippen LogP contribution in [0.25, 0.3) is 11.0 Å². The van der Waals surface area contributed by atoms with Crippen LogP contribution in [0.4, 0.5) is 11.6 Å². The van der Waals surface area contributed by atoms with Gasteiger partial charge in [-0.25, -0.2) is 15.0 Å². The third-order valence-electron chi connectivity index (χ3n) is 4.31. The predicted molar refractivity (Wildman–Crippen MR) is 88.5 cm³/mol. The van der Waals surface area contributed by atoms with Crippen molar-refractivity contribution in [1.82, 2.24) is 24.7 Å². The first-order valence-corrected chi connectivity index (χ1v) is 7.61. The number of fused-ring (bicyclic) bond motifs is 1. The number of hydrogen-bond acceptors (Lipinski definition) is 5. The standard InChI is InChI=1S/C15H18N8/c1-8-5-11(22-21-8)20-13(16)10-6-23(9-3-2-4-9)15-12(10)14(17)18-7-19-15/h5-7,9H,2-4H2,1H3,(H2,17,18,19)(H3,16,20,21,22). The van der Waals surface area contributed by atoms with Crippen LogP contribution in [-0.4, -0.2) is 30.6 Å². The number of aromatic amines is 1. The number of nitrogens with zero attached hydrogens (tertiary/aromatic N) is 5. The van der Waals surface area contributed by atoms with Crippen molar-refractivity contribution >= 4 is 28.5 Å². The van der Waals surface area contributed by atoms with Gasteiger partial charge in [-0.05, 0) is 26.2 Å². The number of rotatable bonds is 3. The molecule has 1 aliphatic carbocycles. The molecule has 0 unspecified atom stereocenters. The first-order valence-electron chi connectivity index (χ1n) is 7.61. The molecule has 118 valence electrons. The van der Waals surface area contributed by atoms with E-state index in [0.29, 0.717) is 23.5 Å². The number of nitrogens with two attached hydrogens (primary N) is 2. The fourth-order valence-corrected chi connectivity index (χ4v) is 2.89. The second kappa shape index (κ2) is 5.08. The minimum Gasteiger partial charge on any atom is -0.383 e. The largest absolute Gasteiger partial charge is 0.383 e. The lowest BCUT2D eigenvalue weighted by Crippen LogP contribution is -2.17. The number of aliphatic imine (C=N–C) groups is 1. The van der Waals surface area contributed by atoms with Crippen molar-refractivity contribution in [3.63, 3.8) is 0 Å². The summed E-state index contributed by atoms with van der Waals surface area (Å²) in [6, 6.07) is 2.28. The van der Waals surface area contributed by atoms with Gasteiger partial charge in [-0.2, -0.15) is 5.10 Å². The second-order valence-electron chi connectivity index (χ2n) is 5.90. The Kier molecular flexibility index (Phi) is 3.03. The summed E-state index contributed by atoms with van der Waals surface area (Å²) >= 11 is 0. The maximum atomic E-state index is 6.22. The number of aryl methyl sites for hydroxylation is 1. The molecule has 3 aromatic rings. The van der Waals surface area contributed by atoms with Crippen LogP contribution in [0.1, 0.15) is 36.6 Å². The maximum Gasteiger partial charge on any atom is 0.175 e. The maximum absolute atomic E-state index is 6.22. The Hall–Kier alpha value is -2.90. The fourth-order valence-electron chi connectivity index (χ4n) is 2.89. The average Bonchev–Trinajstić information content (AvgIpc) is 3.03. The zero-order chi connectivity index (χ0) is 16.0. The zero-order valence-corrected chi connectivity index (χ0v) is 12.8. The van der Waals surface area contributed by atoms with Crippen LogP contribution >= 0.6 is 0 Å². The Morgan fingerprint density at radius 3 is 2.87 bits per heavy atom. The number of H-pyrrole nitrogens is 1. The van der Waals surface area contributed by atoms with Crippen LogP contribution < -0.4 is 11.5 Å². The number of anilines is 1. The van der Waals surface area contributed by atoms with Crippen LogP contribution in [0.5, 0.6) is 0 Å². The van der Waals surface area contributed by atoms with Gasteiger partial charge in [-0.1, -0.05) is 0 Å². The van der Waals surface area contributed by atoms with Gasteiger partial charge in [-0.3, -0.25) is 5.10 Å². The average molecular weight is 310 g/mol. The Bertz CT molecular complexity index is 899. The number of aromatic nitrogens is 5. The van der Waals surface area contributed by atoms with E-state index in [1.165, 1.54) is 12.7 Å². The molecule has 4 rings (SSSR count). The molecule has 3 aromatic heterocycles. The molecular formula is C15H18N8. The van der Waals surface area contributed by atoms with Gasteiger partial charge in [0.25, 0.3) is 0 Å². The minimum absolute atomic E-state index is 0.362. The van der Waals surface area contributed by atoms with Gasteiger partial charge in [-0.15, -0.1) is 0 Å². The van der Waals surface area contributed by atoms with E-state index < -0.39 is 0 Å². The van der Waals surface area contributed by atoms with E-state index in [0.717, 1.165) is 35.1 Å². The molecule has 0 aromatic carbocycles. The van der Waals surface area contributed by atoms with Crippen LogP contribution in [0.2, 0.25) is 0 Å². The number of nitrogens with one attached hydrogen (secondary N) is 1. The van der Waals surface area contributed by atoms with E-state index >= 15 is 0 Å². The van der Waals surface area contributed by atoms with Gasteiger partial charge in [0.15, 0.2) is 5.82 Å². The molecule has 0 amide bonds. The summed E-state index contributed by atoms with van der Waals surface area (Å²) < 4.78 is 2.14. The monoisotopic (exact) mass is 310 g/mol. The molecule has 0 atom stereocenters. The van der Waals surface area contributed by atoms with E-state index in [1.54, 1.807) is 0 Å². The summed E-state index contributed by atoms with van der Waals surface area (Å²) in [4.78, 5) is 12.9. The normalized spacial score (nSPS) is 16.0. The molecule has 5 N–H and O–H groups in total. The first kappa shape index (κ1) is 13.7. The molecule has 1 saturated carbocycles. The Morgan fingerprint density at radius 1 is 1.39 bits per heavy atom. The molecule has 23 heavy (non-hydrogen) atoms. The van der Waals surface area contributed by atoms with Crippen molar-refractivity contribution < 1.29 is 0 Å². The molecule has 0 radical (unpaired) electrons. The molecule has 3 heterocycles. The number of hydrogen-bond donors (Lipinski definition) is 3. The molecule has 8 heteroatoms. The topological polar surface area (TPSA) is 124 Å². The van der Waals surface area contributed by atoms with Crippen molar-refractivity contribution in [2.24, 2.45) is 10.7 Å².